The molecule has 3 heterocycles. The van der Waals surface area contributed by atoms with E-state index in [0.29, 0.717) is 30.4 Å². The molecule has 142 valence electrons. The lowest BCUT2D eigenvalue weighted by atomic mass is 10.1. The average Bonchev–Trinajstić information content (AvgIpc) is 3.36. The number of benzene rings is 1. The normalized spacial score (nSPS) is 20.6. The Hall–Kier alpha value is -2.68. The van der Waals surface area contributed by atoms with Crippen LogP contribution in [0.25, 0.3) is 11.4 Å². The van der Waals surface area contributed by atoms with Gasteiger partial charge in [0.05, 0.1) is 6.54 Å². The Kier molecular flexibility index (Phi) is 4.47. The SMILES string of the molecule is CC(C)c1noc(CN2CCC(F)(c3nc(-c4ccc(F)cc4)no3)C2)n1. The van der Waals surface area contributed by atoms with Gasteiger partial charge in [0, 0.05) is 31.0 Å². The maximum Gasteiger partial charge on any atom is 0.266 e. The summed E-state index contributed by atoms with van der Waals surface area (Å²) in [5, 5.41) is 7.75. The van der Waals surface area contributed by atoms with Crippen LogP contribution in [0.1, 0.15) is 43.8 Å². The van der Waals surface area contributed by atoms with Gasteiger partial charge in [-0.25, -0.2) is 8.78 Å². The van der Waals surface area contributed by atoms with E-state index in [0.717, 1.165) is 0 Å². The Balaban J connectivity index is 1.45. The highest BCUT2D eigenvalue weighted by Gasteiger charge is 2.45. The van der Waals surface area contributed by atoms with Gasteiger partial charge in [0.2, 0.25) is 17.4 Å². The molecule has 4 rings (SSSR count). The first kappa shape index (κ1) is 17.7. The second kappa shape index (κ2) is 6.80. The third kappa shape index (κ3) is 3.59. The number of rotatable bonds is 5. The molecule has 2 aromatic heterocycles. The molecule has 1 fully saturated rings. The Bertz CT molecular complexity index is 924. The van der Waals surface area contributed by atoms with Crippen LogP contribution in [0.3, 0.4) is 0 Å². The van der Waals surface area contributed by atoms with Gasteiger partial charge in [-0.15, -0.1) is 0 Å². The highest BCUT2D eigenvalue weighted by Crippen LogP contribution is 2.36. The highest BCUT2D eigenvalue weighted by atomic mass is 19.1. The fourth-order valence-electron chi connectivity index (χ4n) is 3.04. The second-order valence-electron chi connectivity index (χ2n) is 7.06. The quantitative estimate of drug-likeness (QED) is 0.675. The molecule has 1 saturated heterocycles. The van der Waals surface area contributed by atoms with E-state index in [2.05, 4.69) is 20.3 Å². The first-order valence-corrected chi connectivity index (χ1v) is 8.77. The zero-order valence-electron chi connectivity index (χ0n) is 15.0. The third-order valence-corrected chi connectivity index (χ3v) is 4.57. The zero-order valence-corrected chi connectivity index (χ0v) is 15.0. The van der Waals surface area contributed by atoms with Crippen molar-refractivity contribution in [2.45, 2.75) is 38.4 Å². The van der Waals surface area contributed by atoms with Crippen molar-refractivity contribution < 1.29 is 17.8 Å². The molecule has 0 saturated carbocycles. The van der Waals surface area contributed by atoms with Gasteiger partial charge in [-0.2, -0.15) is 9.97 Å². The van der Waals surface area contributed by atoms with Crippen LogP contribution in [-0.2, 0) is 12.2 Å². The molecule has 1 aliphatic rings. The lowest BCUT2D eigenvalue weighted by Gasteiger charge is -2.15. The average molecular weight is 375 g/mol. The van der Waals surface area contributed by atoms with E-state index in [4.69, 9.17) is 9.05 Å². The molecule has 27 heavy (non-hydrogen) atoms. The minimum absolute atomic E-state index is 0.0716. The van der Waals surface area contributed by atoms with Gasteiger partial charge in [0.1, 0.15) is 5.82 Å². The van der Waals surface area contributed by atoms with Gasteiger partial charge in [-0.05, 0) is 24.3 Å². The molecular formula is C18H19F2N5O2. The lowest BCUT2D eigenvalue weighted by molar-refractivity contribution is 0.112. The van der Waals surface area contributed by atoms with Crippen molar-refractivity contribution in [1.29, 1.82) is 0 Å². The van der Waals surface area contributed by atoms with Crippen LogP contribution in [-0.4, -0.2) is 38.3 Å². The minimum atomic E-state index is -1.74. The summed E-state index contributed by atoms with van der Waals surface area (Å²) in [5.41, 5.74) is -1.18. The second-order valence-corrected chi connectivity index (χ2v) is 7.06. The Morgan fingerprint density at radius 1 is 1.15 bits per heavy atom. The summed E-state index contributed by atoms with van der Waals surface area (Å²) in [5.74, 6) is 1.07. The highest BCUT2D eigenvalue weighted by molar-refractivity contribution is 5.53. The van der Waals surface area contributed by atoms with Crippen molar-refractivity contribution in [2.24, 2.45) is 0 Å². The van der Waals surface area contributed by atoms with Crippen LogP contribution < -0.4 is 0 Å². The fraction of sp³-hybridized carbons (Fsp3) is 0.444. The van der Waals surface area contributed by atoms with Gasteiger partial charge in [-0.3, -0.25) is 4.90 Å². The molecule has 9 heteroatoms. The topological polar surface area (TPSA) is 81.1 Å². The maximum atomic E-state index is 15.4. The monoisotopic (exact) mass is 375 g/mol. The van der Waals surface area contributed by atoms with E-state index in [1.807, 2.05) is 18.7 Å². The van der Waals surface area contributed by atoms with E-state index in [9.17, 15) is 4.39 Å². The number of nitrogens with zero attached hydrogens (tertiary/aromatic N) is 5. The Labute approximate surface area is 154 Å². The summed E-state index contributed by atoms with van der Waals surface area (Å²) in [6.45, 7) is 4.92. The third-order valence-electron chi connectivity index (χ3n) is 4.57. The summed E-state index contributed by atoms with van der Waals surface area (Å²) >= 11 is 0. The van der Waals surface area contributed by atoms with Gasteiger partial charge >= 0.3 is 0 Å². The number of hydrogen-bond acceptors (Lipinski definition) is 7. The molecule has 3 aromatic rings. The predicted octanol–water partition coefficient (Wildman–Crippen LogP) is 3.45. The van der Waals surface area contributed by atoms with Crippen LogP contribution in [0.2, 0.25) is 0 Å². The van der Waals surface area contributed by atoms with Crippen molar-refractivity contribution in [3.8, 4) is 11.4 Å². The fourth-order valence-corrected chi connectivity index (χ4v) is 3.04. The molecule has 1 aliphatic heterocycles. The van der Waals surface area contributed by atoms with Crippen molar-refractivity contribution in [2.75, 3.05) is 13.1 Å². The summed E-state index contributed by atoms with van der Waals surface area (Å²) in [6.07, 6.45) is 0.225. The summed E-state index contributed by atoms with van der Waals surface area (Å²) < 4.78 is 38.8. The largest absolute Gasteiger partial charge is 0.338 e. The van der Waals surface area contributed by atoms with Crippen molar-refractivity contribution in [1.82, 2.24) is 25.2 Å². The number of likely N-dealkylation sites (tertiary alicyclic amines) is 1. The molecule has 1 unspecified atom stereocenters. The van der Waals surface area contributed by atoms with Gasteiger partial charge in [0.25, 0.3) is 5.89 Å². The number of halogens is 2. The van der Waals surface area contributed by atoms with Crippen LogP contribution in [0.5, 0.6) is 0 Å². The number of alkyl halides is 1. The smallest absolute Gasteiger partial charge is 0.266 e. The molecule has 1 aromatic carbocycles. The van der Waals surface area contributed by atoms with Crippen molar-refractivity contribution >= 4 is 0 Å². The Morgan fingerprint density at radius 3 is 2.63 bits per heavy atom. The lowest BCUT2D eigenvalue weighted by Crippen LogP contribution is -2.27. The van der Waals surface area contributed by atoms with Crippen LogP contribution in [0, 0.1) is 5.82 Å². The first-order chi connectivity index (χ1) is 12.9. The van der Waals surface area contributed by atoms with Crippen LogP contribution in [0.15, 0.2) is 33.3 Å². The van der Waals surface area contributed by atoms with Crippen LogP contribution >= 0.6 is 0 Å². The summed E-state index contributed by atoms with van der Waals surface area (Å²) in [4.78, 5) is 10.4. The molecule has 0 aliphatic carbocycles. The molecule has 0 spiro atoms. The molecule has 1 atom stereocenters. The predicted molar refractivity (Wildman–Crippen MR) is 90.8 cm³/mol. The molecule has 7 nitrogen and oxygen atoms in total. The molecule has 0 bridgehead atoms. The first-order valence-electron chi connectivity index (χ1n) is 8.77. The van der Waals surface area contributed by atoms with E-state index < -0.39 is 5.67 Å². The van der Waals surface area contributed by atoms with Crippen molar-refractivity contribution in [3.63, 3.8) is 0 Å². The van der Waals surface area contributed by atoms with Gasteiger partial charge in [0.15, 0.2) is 5.82 Å². The zero-order chi connectivity index (χ0) is 19.0. The molecule has 0 N–H and O–H groups in total. The molecule has 0 radical (unpaired) electrons. The Morgan fingerprint density at radius 2 is 1.93 bits per heavy atom. The molecular weight excluding hydrogens is 356 g/mol. The number of hydrogen-bond donors (Lipinski definition) is 0. The number of aromatic nitrogens is 4. The van der Waals surface area contributed by atoms with Gasteiger partial charge in [-0.1, -0.05) is 24.2 Å². The van der Waals surface area contributed by atoms with Crippen LogP contribution in [0.4, 0.5) is 8.78 Å². The minimum Gasteiger partial charge on any atom is -0.338 e. The van der Waals surface area contributed by atoms with E-state index in [1.165, 1.54) is 24.3 Å². The van der Waals surface area contributed by atoms with E-state index in [1.54, 1.807) is 0 Å². The van der Waals surface area contributed by atoms with Crippen molar-refractivity contribution in [3.05, 3.63) is 47.7 Å². The van der Waals surface area contributed by atoms with Gasteiger partial charge < -0.3 is 9.05 Å². The summed E-state index contributed by atoms with van der Waals surface area (Å²) in [6, 6.07) is 5.64. The van der Waals surface area contributed by atoms with E-state index in [-0.39, 0.29) is 36.4 Å². The standard InChI is InChI=1S/C18H19F2N5O2/c1-11(2)15-21-14(26-23-15)9-25-8-7-18(20,10-25)17-22-16(24-27-17)12-3-5-13(19)6-4-12/h3-6,11H,7-10H2,1-2H3. The molecule has 0 amide bonds. The van der Waals surface area contributed by atoms with E-state index >= 15 is 4.39 Å². The summed E-state index contributed by atoms with van der Waals surface area (Å²) in [7, 11) is 0. The maximum absolute atomic E-state index is 15.4.